The number of amides is 1. The number of hydrogen-bond donors (Lipinski definition) is 3. The largest absolute Gasteiger partial charge is 0.496 e. The summed E-state index contributed by atoms with van der Waals surface area (Å²) in [6, 6.07) is 3.77. The van der Waals surface area contributed by atoms with Crippen LogP contribution < -0.4 is 20.9 Å². The van der Waals surface area contributed by atoms with Gasteiger partial charge < -0.3 is 25.2 Å². The molecule has 0 aliphatic carbocycles. The van der Waals surface area contributed by atoms with Gasteiger partial charge in [0.25, 0.3) is 5.91 Å². The van der Waals surface area contributed by atoms with Crippen LogP contribution in [-0.2, 0) is 24.5 Å². The van der Waals surface area contributed by atoms with E-state index in [0.717, 1.165) is 11.8 Å². The van der Waals surface area contributed by atoms with E-state index in [1.54, 1.807) is 36.8 Å². The van der Waals surface area contributed by atoms with Crippen LogP contribution in [0.2, 0.25) is 0 Å². The summed E-state index contributed by atoms with van der Waals surface area (Å²) in [4.78, 5) is 19.2. The lowest BCUT2D eigenvalue weighted by molar-refractivity contribution is -0.138. The number of anilines is 2. The topological polar surface area (TPSA) is 135 Å². The smallest absolute Gasteiger partial charge is 0.420 e. The summed E-state index contributed by atoms with van der Waals surface area (Å²) < 4.78 is 53.7. The summed E-state index contributed by atoms with van der Waals surface area (Å²) >= 11 is 0. The van der Waals surface area contributed by atoms with E-state index in [9.17, 15) is 18.0 Å². The SMILES string of the molecule is COCCN(C)Cc1cc(NC(=O)c2cnc(C)c(N(N)CC(=N)c3cnn(C)c3C)c2)cc(C(F)(F)F)c1OC. The predicted octanol–water partition coefficient (Wildman–Crippen LogP) is 3.54. The van der Waals surface area contributed by atoms with Gasteiger partial charge in [0, 0.05) is 56.0 Å². The first-order valence-corrected chi connectivity index (χ1v) is 12.6. The lowest BCUT2D eigenvalue weighted by Crippen LogP contribution is -2.37. The molecule has 0 aliphatic rings. The minimum atomic E-state index is -4.72. The number of nitrogens with zero attached hydrogens (tertiary/aromatic N) is 5. The van der Waals surface area contributed by atoms with E-state index in [1.807, 2.05) is 6.92 Å². The van der Waals surface area contributed by atoms with E-state index < -0.39 is 17.6 Å². The third-order valence-electron chi connectivity index (χ3n) is 6.57. The number of nitrogens with two attached hydrogens (primary N) is 1. The van der Waals surface area contributed by atoms with Crippen LogP contribution in [0.5, 0.6) is 5.75 Å². The molecule has 0 spiro atoms. The summed E-state index contributed by atoms with van der Waals surface area (Å²) in [6.45, 7) is 4.53. The minimum absolute atomic E-state index is 0.00744. The maximum absolute atomic E-state index is 14.0. The number of methoxy groups -OCH3 is 2. The van der Waals surface area contributed by atoms with Crippen molar-refractivity contribution < 1.29 is 27.4 Å². The molecule has 0 radical (unpaired) electrons. The van der Waals surface area contributed by atoms with Gasteiger partial charge in [0.05, 0.1) is 54.7 Å². The van der Waals surface area contributed by atoms with Crippen molar-refractivity contribution >= 4 is 23.0 Å². The van der Waals surface area contributed by atoms with Gasteiger partial charge >= 0.3 is 6.18 Å². The zero-order valence-electron chi connectivity index (χ0n) is 23.9. The molecule has 4 N–H and O–H groups in total. The standard InChI is InChI=1S/C27H35F3N8O3/c1-16-24(38(32)15-23(31)21-13-34-37(4)17(21)2)10-18(12-33-16)26(39)35-20-9-19(14-36(3)7-8-40-5)25(41-6)22(11-20)27(28,29)30/h9-13,31H,7-8,14-15,32H2,1-6H3,(H,35,39). The number of aromatic nitrogens is 3. The van der Waals surface area contributed by atoms with Crippen molar-refractivity contribution in [1.29, 1.82) is 5.41 Å². The molecule has 3 rings (SSSR count). The molecule has 0 atom stereocenters. The van der Waals surface area contributed by atoms with E-state index in [0.29, 0.717) is 30.1 Å². The number of carbonyl (C=O) groups excluding carboxylic acids is 1. The molecule has 0 unspecified atom stereocenters. The summed E-state index contributed by atoms with van der Waals surface area (Å²) in [6.07, 6.45) is -1.83. The first-order chi connectivity index (χ1) is 19.3. The molecule has 0 fully saturated rings. The average Bonchev–Trinajstić information content (AvgIpc) is 3.24. The maximum Gasteiger partial charge on any atom is 0.420 e. The third kappa shape index (κ3) is 7.60. The normalized spacial score (nSPS) is 11.6. The molecule has 2 heterocycles. The summed E-state index contributed by atoms with van der Waals surface area (Å²) in [5, 5.41) is 16.4. The first kappa shape index (κ1) is 31.5. The highest BCUT2D eigenvalue weighted by Crippen LogP contribution is 2.40. The van der Waals surface area contributed by atoms with E-state index in [1.165, 1.54) is 37.6 Å². The number of hydrazine groups is 1. The number of rotatable bonds is 12. The van der Waals surface area contributed by atoms with Crippen LogP contribution in [0.4, 0.5) is 24.5 Å². The molecule has 0 aliphatic heterocycles. The second-order valence-corrected chi connectivity index (χ2v) is 9.60. The molecule has 3 aromatic rings. The van der Waals surface area contributed by atoms with Crippen molar-refractivity contribution in [1.82, 2.24) is 19.7 Å². The van der Waals surface area contributed by atoms with Crippen LogP contribution in [0.1, 0.15) is 38.4 Å². The zero-order chi connectivity index (χ0) is 30.5. The predicted molar refractivity (Wildman–Crippen MR) is 149 cm³/mol. The van der Waals surface area contributed by atoms with Gasteiger partial charge in [0.15, 0.2) is 0 Å². The van der Waals surface area contributed by atoms with Crippen LogP contribution in [-0.4, -0.2) is 72.2 Å². The van der Waals surface area contributed by atoms with Gasteiger partial charge in [0.2, 0.25) is 0 Å². The minimum Gasteiger partial charge on any atom is -0.496 e. The Morgan fingerprint density at radius 3 is 2.49 bits per heavy atom. The number of benzene rings is 1. The number of carbonyl (C=O) groups is 1. The van der Waals surface area contributed by atoms with Crippen molar-refractivity contribution in [2.45, 2.75) is 26.6 Å². The third-order valence-corrected chi connectivity index (χ3v) is 6.57. The van der Waals surface area contributed by atoms with Crippen molar-refractivity contribution in [2.24, 2.45) is 12.9 Å². The van der Waals surface area contributed by atoms with E-state index >= 15 is 0 Å². The second kappa shape index (κ2) is 13.1. The molecule has 0 bridgehead atoms. The Morgan fingerprint density at radius 1 is 1.20 bits per heavy atom. The van der Waals surface area contributed by atoms with Crippen molar-refractivity contribution in [3.05, 3.63) is 64.2 Å². The molecule has 222 valence electrons. The molecule has 1 amide bonds. The summed E-state index contributed by atoms with van der Waals surface area (Å²) in [7, 11) is 6.22. The van der Waals surface area contributed by atoms with Gasteiger partial charge in [-0.05, 0) is 39.1 Å². The van der Waals surface area contributed by atoms with Gasteiger partial charge in [-0.1, -0.05) is 0 Å². The Kier molecular flexibility index (Phi) is 10.1. The van der Waals surface area contributed by atoms with Crippen molar-refractivity contribution in [2.75, 3.05) is 51.3 Å². The van der Waals surface area contributed by atoms with Crippen LogP contribution in [0.25, 0.3) is 0 Å². The van der Waals surface area contributed by atoms with Crippen LogP contribution in [0, 0.1) is 19.3 Å². The monoisotopic (exact) mass is 576 g/mol. The number of halogens is 3. The van der Waals surface area contributed by atoms with Gasteiger partial charge in [-0.15, -0.1) is 0 Å². The average molecular weight is 577 g/mol. The fourth-order valence-electron chi connectivity index (χ4n) is 4.22. The van der Waals surface area contributed by atoms with E-state index in [2.05, 4.69) is 15.4 Å². The van der Waals surface area contributed by atoms with Gasteiger partial charge in [-0.2, -0.15) is 18.3 Å². The van der Waals surface area contributed by atoms with Crippen molar-refractivity contribution in [3.63, 3.8) is 0 Å². The molecule has 11 nitrogen and oxygen atoms in total. The molecular formula is C27H35F3N8O3. The number of likely N-dealkylation sites (N-methyl/N-ethyl adjacent to an activating group) is 1. The number of pyridine rings is 1. The molecule has 41 heavy (non-hydrogen) atoms. The van der Waals surface area contributed by atoms with Crippen LogP contribution in [0.3, 0.4) is 0 Å². The molecule has 1 aromatic carbocycles. The number of alkyl halides is 3. The Labute approximate surface area is 236 Å². The number of hydrogen-bond acceptors (Lipinski definition) is 9. The number of nitrogens with one attached hydrogen (secondary N) is 2. The molecule has 0 saturated carbocycles. The Balaban J connectivity index is 1.88. The quantitative estimate of drug-likeness (QED) is 0.169. The van der Waals surface area contributed by atoms with Gasteiger partial charge in [-0.3, -0.25) is 19.4 Å². The Bertz CT molecular complexity index is 1410. The summed E-state index contributed by atoms with van der Waals surface area (Å²) in [5.74, 6) is 5.26. The highest BCUT2D eigenvalue weighted by Gasteiger charge is 2.36. The fourth-order valence-corrected chi connectivity index (χ4v) is 4.22. The molecule has 2 aromatic heterocycles. The highest BCUT2D eigenvalue weighted by atomic mass is 19.4. The second-order valence-electron chi connectivity index (χ2n) is 9.60. The van der Waals surface area contributed by atoms with Gasteiger partial charge in [0.1, 0.15) is 5.75 Å². The summed E-state index contributed by atoms with van der Waals surface area (Å²) in [5.41, 5.74) is 1.80. The Hall–Kier alpha value is -4.01. The molecular weight excluding hydrogens is 541 g/mol. The van der Waals surface area contributed by atoms with Crippen LogP contribution in [0.15, 0.2) is 30.6 Å². The zero-order valence-corrected chi connectivity index (χ0v) is 23.9. The van der Waals surface area contributed by atoms with E-state index in [-0.39, 0.29) is 41.4 Å². The highest BCUT2D eigenvalue weighted by molar-refractivity contribution is 6.05. The van der Waals surface area contributed by atoms with Crippen LogP contribution >= 0.6 is 0 Å². The number of aryl methyl sites for hydroxylation is 2. The van der Waals surface area contributed by atoms with E-state index in [4.69, 9.17) is 20.7 Å². The number of ether oxygens (including phenoxy) is 2. The maximum atomic E-state index is 14.0. The van der Waals surface area contributed by atoms with Crippen molar-refractivity contribution in [3.8, 4) is 5.75 Å². The lowest BCUT2D eigenvalue weighted by atomic mass is 10.1. The lowest BCUT2D eigenvalue weighted by Gasteiger charge is -2.22. The first-order valence-electron chi connectivity index (χ1n) is 12.6. The van der Waals surface area contributed by atoms with Gasteiger partial charge in [-0.25, -0.2) is 5.84 Å². The Morgan fingerprint density at radius 2 is 1.90 bits per heavy atom. The molecule has 0 saturated heterocycles. The fraction of sp³-hybridized carbons (Fsp3) is 0.407. The molecule has 14 heteroatoms.